The van der Waals surface area contributed by atoms with Crippen LogP contribution in [0.15, 0.2) is 67.0 Å². The minimum absolute atomic E-state index is 0.0298. The molecular weight excluding hydrogens is 320 g/mol. The molecule has 0 spiro atoms. The van der Waals surface area contributed by atoms with Crippen LogP contribution in [0.2, 0.25) is 0 Å². The maximum Gasteiger partial charge on any atom is 0.269 e. The number of hydrogen-bond acceptors (Lipinski definition) is 6. The van der Waals surface area contributed by atoms with Gasteiger partial charge in [-0.15, -0.1) is 0 Å². The summed E-state index contributed by atoms with van der Waals surface area (Å²) in [5.74, 6) is 0.568. The molecule has 0 bridgehead atoms. The summed E-state index contributed by atoms with van der Waals surface area (Å²) in [6.07, 6.45) is 0.757. The second-order valence-electron chi connectivity index (χ2n) is 5.40. The zero-order valence-electron chi connectivity index (χ0n) is 13.2. The molecule has 7 heteroatoms. The van der Waals surface area contributed by atoms with Crippen LogP contribution in [0.1, 0.15) is 11.7 Å². The Morgan fingerprint density at radius 1 is 1.08 bits per heavy atom. The average Bonchev–Trinajstić information content (AvgIpc) is 2.67. The van der Waals surface area contributed by atoms with Gasteiger partial charge in [0.15, 0.2) is 0 Å². The average molecular weight is 336 g/mol. The van der Waals surface area contributed by atoms with Crippen molar-refractivity contribution in [1.82, 2.24) is 9.97 Å². The molecule has 0 saturated carbocycles. The van der Waals surface area contributed by atoms with Gasteiger partial charge in [-0.1, -0.05) is 30.3 Å². The molecule has 1 aromatic heterocycles. The number of aromatic nitrogens is 2. The first kappa shape index (κ1) is 16.5. The van der Waals surface area contributed by atoms with Crippen LogP contribution in [0.5, 0.6) is 0 Å². The first-order chi connectivity index (χ1) is 12.1. The van der Waals surface area contributed by atoms with E-state index in [0.29, 0.717) is 18.1 Å². The van der Waals surface area contributed by atoms with E-state index in [9.17, 15) is 15.2 Å². The summed E-state index contributed by atoms with van der Waals surface area (Å²) in [5.41, 5.74) is 2.24. The topological polar surface area (TPSA) is 101 Å². The van der Waals surface area contributed by atoms with Gasteiger partial charge in [0.25, 0.3) is 5.69 Å². The van der Waals surface area contributed by atoms with Crippen LogP contribution in [-0.2, 0) is 0 Å². The zero-order chi connectivity index (χ0) is 17.6. The van der Waals surface area contributed by atoms with E-state index in [1.165, 1.54) is 18.5 Å². The van der Waals surface area contributed by atoms with Crippen molar-refractivity contribution in [3.63, 3.8) is 0 Å². The van der Waals surface area contributed by atoms with Crippen molar-refractivity contribution in [3.8, 4) is 11.3 Å². The molecular formula is C18H16N4O3. The summed E-state index contributed by atoms with van der Waals surface area (Å²) >= 11 is 0. The predicted molar refractivity (Wildman–Crippen MR) is 94.0 cm³/mol. The number of benzene rings is 2. The van der Waals surface area contributed by atoms with Crippen molar-refractivity contribution in [1.29, 1.82) is 0 Å². The highest BCUT2D eigenvalue weighted by Crippen LogP contribution is 2.22. The van der Waals surface area contributed by atoms with Gasteiger partial charge in [0.05, 0.1) is 16.7 Å². The fourth-order valence-electron chi connectivity index (χ4n) is 2.36. The molecule has 25 heavy (non-hydrogen) atoms. The molecule has 3 rings (SSSR count). The number of nitrogens with one attached hydrogen (secondary N) is 1. The monoisotopic (exact) mass is 336 g/mol. The summed E-state index contributed by atoms with van der Waals surface area (Å²) in [6, 6.07) is 17.2. The van der Waals surface area contributed by atoms with Gasteiger partial charge in [-0.05, 0) is 17.7 Å². The molecule has 2 aromatic carbocycles. The first-order valence-electron chi connectivity index (χ1n) is 7.67. The summed E-state index contributed by atoms with van der Waals surface area (Å²) < 4.78 is 0. The van der Waals surface area contributed by atoms with Crippen LogP contribution in [-0.4, -0.2) is 26.5 Å². The summed E-state index contributed by atoms with van der Waals surface area (Å²) in [6.45, 7) is 0.306. The fourth-order valence-corrected chi connectivity index (χ4v) is 2.36. The highest BCUT2D eigenvalue weighted by molar-refractivity contribution is 5.63. The van der Waals surface area contributed by atoms with Crippen LogP contribution in [0.25, 0.3) is 11.3 Å². The lowest BCUT2D eigenvalue weighted by molar-refractivity contribution is -0.384. The van der Waals surface area contributed by atoms with Gasteiger partial charge in [0.1, 0.15) is 12.1 Å². The molecule has 3 aromatic rings. The van der Waals surface area contributed by atoms with Crippen molar-refractivity contribution in [3.05, 3.63) is 82.7 Å². The lowest BCUT2D eigenvalue weighted by Crippen LogP contribution is -2.13. The molecule has 0 aliphatic carbocycles. The lowest BCUT2D eigenvalue weighted by Gasteiger charge is -2.13. The van der Waals surface area contributed by atoms with Crippen molar-refractivity contribution < 1.29 is 10.0 Å². The Bertz CT molecular complexity index is 854. The van der Waals surface area contributed by atoms with Crippen LogP contribution < -0.4 is 5.32 Å². The number of nitro groups is 1. The van der Waals surface area contributed by atoms with E-state index in [4.69, 9.17) is 0 Å². The number of non-ortho nitro benzene ring substituents is 1. The van der Waals surface area contributed by atoms with E-state index < -0.39 is 11.0 Å². The van der Waals surface area contributed by atoms with Gasteiger partial charge in [0.2, 0.25) is 0 Å². The maximum absolute atomic E-state index is 10.7. The maximum atomic E-state index is 10.7. The largest absolute Gasteiger partial charge is 0.387 e. The molecule has 7 nitrogen and oxygen atoms in total. The molecule has 1 heterocycles. The number of anilines is 1. The molecule has 2 N–H and O–H groups in total. The van der Waals surface area contributed by atoms with Gasteiger partial charge >= 0.3 is 0 Å². The third-order valence-electron chi connectivity index (χ3n) is 3.70. The molecule has 0 aliphatic heterocycles. The third-order valence-corrected chi connectivity index (χ3v) is 3.70. The minimum atomic E-state index is -0.654. The van der Waals surface area contributed by atoms with Gasteiger partial charge in [-0.3, -0.25) is 10.1 Å². The number of hydrogen-bond donors (Lipinski definition) is 2. The zero-order valence-corrected chi connectivity index (χ0v) is 13.2. The highest BCUT2D eigenvalue weighted by atomic mass is 16.6. The number of aliphatic hydroxyl groups excluding tert-OH is 1. The van der Waals surface area contributed by atoms with Crippen LogP contribution in [0.4, 0.5) is 11.5 Å². The highest BCUT2D eigenvalue weighted by Gasteiger charge is 2.09. The fraction of sp³-hybridized carbons (Fsp3) is 0.111. The molecule has 0 amide bonds. The molecule has 1 atom stereocenters. The second kappa shape index (κ2) is 7.50. The minimum Gasteiger partial charge on any atom is -0.387 e. The first-order valence-corrected chi connectivity index (χ1v) is 7.67. The molecule has 0 aliphatic rings. The van der Waals surface area contributed by atoms with E-state index in [-0.39, 0.29) is 5.69 Å². The van der Waals surface area contributed by atoms with E-state index in [2.05, 4.69) is 15.3 Å². The Morgan fingerprint density at radius 2 is 1.80 bits per heavy atom. The Kier molecular flexibility index (Phi) is 4.96. The number of nitrogens with zero attached hydrogens (tertiary/aromatic N) is 3. The van der Waals surface area contributed by atoms with Crippen molar-refractivity contribution >= 4 is 11.5 Å². The summed E-state index contributed by atoms with van der Waals surface area (Å²) in [5, 5.41) is 24.0. The van der Waals surface area contributed by atoms with Crippen molar-refractivity contribution in [2.24, 2.45) is 0 Å². The third kappa shape index (κ3) is 4.15. The van der Waals surface area contributed by atoms with Gasteiger partial charge in [-0.25, -0.2) is 9.97 Å². The lowest BCUT2D eigenvalue weighted by atomic mass is 10.1. The predicted octanol–water partition coefficient (Wildman–Crippen LogP) is 3.20. The smallest absolute Gasteiger partial charge is 0.269 e. The Hall–Kier alpha value is -3.32. The number of nitro benzene ring substituents is 1. The van der Waals surface area contributed by atoms with Gasteiger partial charge in [0, 0.05) is 30.3 Å². The normalized spacial score (nSPS) is 11.7. The van der Waals surface area contributed by atoms with Crippen molar-refractivity contribution in [2.75, 3.05) is 11.9 Å². The molecule has 0 radical (unpaired) electrons. The molecule has 0 fully saturated rings. The van der Waals surface area contributed by atoms with Crippen LogP contribution >= 0.6 is 0 Å². The standard InChI is InChI=1S/C18H16N4O3/c23-17(14-4-2-1-3-5-14)11-19-18-10-16(20-12-21-18)13-6-8-15(9-7-13)22(24)25/h1-10,12,17,23H,11H2,(H,19,20,21). The number of aliphatic hydroxyl groups is 1. The number of rotatable bonds is 6. The SMILES string of the molecule is O=[N+]([O-])c1ccc(-c2cc(NCC(O)c3ccccc3)ncn2)cc1. The van der Waals surface area contributed by atoms with Crippen LogP contribution in [0.3, 0.4) is 0 Å². The van der Waals surface area contributed by atoms with E-state index in [1.807, 2.05) is 30.3 Å². The molecule has 1 unspecified atom stereocenters. The summed E-state index contributed by atoms with van der Waals surface area (Å²) in [4.78, 5) is 18.6. The summed E-state index contributed by atoms with van der Waals surface area (Å²) in [7, 11) is 0. The van der Waals surface area contributed by atoms with Crippen LogP contribution in [0, 0.1) is 10.1 Å². The van der Waals surface area contributed by atoms with E-state index in [1.54, 1.807) is 18.2 Å². The Morgan fingerprint density at radius 3 is 2.48 bits per heavy atom. The Balaban J connectivity index is 1.70. The molecule has 126 valence electrons. The Labute approximate surface area is 144 Å². The van der Waals surface area contributed by atoms with Gasteiger partial charge in [-0.2, -0.15) is 0 Å². The second-order valence-corrected chi connectivity index (χ2v) is 5.40. The van der Waals surface area contributed by atoms with E-state index in [0.717, 1.165) is 11.1 Å². The van der Waals surface area contributed by atoms with Crippen molar-refractivity contribution in [2.45, 2.75) is 6.10 Å². The molecule has 0 saturated heterocycles. The van der Waals surface area contributed by atoms with Gasteiger partial charge < -0.3 is 10.4 Å². The van der Waals surface area contributed by atoms with E-state index >= 15 is 0 Å². The quantitative estimate of drug-likeness (QED) is 0.529.